The number of benzene rings is 3. The fourth-order valence-corrected chi connectivity index (χ4v) is 5.34. The maximum atomic E-state index is 13.9. The van der Waals surface area contributed by atoms with Crippen LogP contribution >= 0.6 is 0 Å². The molecular weight excluding hydrogens is 506 g/mol. The zero-order valence-corrected chi connectivity index (χ0v) is 23.0. The molecule has 0 aromatic heterocycles. The number of carbonyl (C=O) groups excluding carboxylic acids is 2. The molecule has 0 radical (unpaired) electrons. The largest absolute Gasteiger partial charge is 0.497 e. The van der Waals surface area contributed by atoms with Crippen LogP contribution in [0.3, 0.4) is 0 Å². The van der Waals surface area contributed by atoms with E-state index in [1.807, 2.05) is 31.2 Å². The van der Waals surface area contributed by atoms with Crippen LogP contribution in [0.15, 0.2) is 77.7 Å². The van der Waals surface area contributed by atoms with E-state index >= 15 is 0 Å². The Balaban J connectivity index is 2.10. The Labute approximate surface area is 224 Å². The van der Waals surface area contributed by atoms with Gasteiger partial charge in [-0.15, -0.1) is 0 Å². The first-order chi connectivity index (χ1) is 18.1. The summed E-state index contributed by atoms with van der Waals surface area (Å²) in [6.45, 7) is 3.09. The van der Waals surface area contributed by atoms with Crippen LogP contribution in [-0.4, -0.2) is 59.0 Å². The lowest BCUT2D eigenvalue weighted by molar-refractivity contribution is -0.139. The van der Waals surface area contributed by atoms with E-state index in [-0.39, 0.29) is 28.8 Å². The molecule has 0 spiro atoms. The number of rotatable bonds is 11. The Morgan fingerprint density at radius 2 is 1.61 bits per heavy atom. The van der Waals surface area contributed by atoms with Gasteiger partial charge >= 0.3 is 0 Å². The molecule has 0 unspecified atom stereocenters. The van der Waals surface area contributed by atoms with Crippen molar-refractivity contribution in [1.29, 1.82) is 0 Å². The van der Waals surface area contributed by atoms with Gasteiger partial charge in [0, 0.05) is 19.7 Å². The molecule has 1 atom stereocenters. The molecule has 0 aliphatic heterocycles. The Morgan fingerprint density at radius 3 is 2.18 bits per heavy atom. The Bertz CT molecular complexity index is 1360. The van der Waals surface area contributed by atoms with Crippen LogP contribution in [0.1, 0.15) is 18.1 Å². The topological polar surface area (TPSA) is 105 Å². The molecule has 3 aromatic rings. The first kappa shape index (κ1) is 28.5. The van der Waals surface area contributed by atoms with Crippen LogP contribution in [0.5, 0.6) is 11.5 Å². The molecule has 0 fully saturated rings. The minimum atomic E-state index is -4.22. The minimum Gasteiger partial charge on any atom is -0.497 e. The van der Waals surface area contributed by atoms with Gasteiger partial charge in [-0.3, -0.25) is 13.9 Å². The minimum absolute atomic E-state index is 0.00195. The molecule has 3 rings (SSSR count). The molecular formula is C28H33N3O6S. The first-order valence-corrected chi connectivity index (χ1v) is 13.4. The average Bonchev–Trinajstić information content (AvgIpc) is 2.94. The van der Waals surface area contributed by atoms with Crippen molar-refractivity contribution in [2.75, 3.05) is 32.1 Å². The van der Waals surface area contributed by atoms with Crippen molar-refractivity contribution in [2.45, 2.75) is 31.3 Å². The maximum absolute atomic E-state index is 13.9. The van der Waals surface area contributed by atoms with Crippen LogP contribution < -0.4 is 19.1 Å². The summed E-state index contributed by atoms with van der Waals surface area (Å²) in [4.78, 5) is 27.8. The van der Waals surface area contributed by atoms with Gasteiger partial charge in [-0.1, -0.05) is 48.0 Å². The fraction of sp³-hybridized carbons (Fsp3) is 0.286. The number of amides is 2. The van der Waals surface area contributed by atoms with Crippen LogP contribution in [0, 0.1) is 6.92 Å². The number of aryl methyl sites for hydroxylation is 1. The molecule has 0 bridgehead atoms. The smallest absolute Gasteiger partial charge is 0.264 e. The molecule has 0 saturated heterocycles. The Hall–Kier alpha value is -4.05. The molecule has 0 aliphatic rings. The van der Waals surface area contributed by atoms with Gasteiger partial charge in [-0.05, 0) is 43.7 Å². The van der Waals surface area contributed by atoms with Crippen molar-refractivity contribution in [3.05, 3.63) is 83.9 Å². The van der Waals surface area contributed by atoms with Crippen LogP contribution in [-0.2, 0) is 26.2 Å². The zero-order chi connectivity index (χ0) is 27.9. The van der Waals surface area contributed by atoms with Gasteiger partial charge in [0.15, 0.2) is 0 Å². The summed E-state index contributed by atoms with van der Waals surface area (Å²) in [5, 5.41) is 2.57. The SMILES string of the molecule is CNC(=O)[C@@H](C)N(Cc1ccc(C)cc1)C(=O)CN(c1cc(OC)ccc1OC)S(=O)(=O)c1ccccc1. The molecule has 2 amide bonds. The third-order valence-electron chi connectivity index (χ3n) is 6.15. The van der Waals surface area contributed by atoms with Gasteiger partial charge < -0.3 is 19.7 Å². The summed E-state index contributed by atoms with van der Waals surface area (Å²) < 4.78 is 39.6. The number of hydrogen-bond acceptors (Lipinski definition) is 6. The molecule has 0 aliphatic carbocycles. The van der Waals surface area contributed by atoms with E-state index in [0.717, 1.165) is 15.4 Å². The highest BCUT2D eigenvalue weighted by atomic mass is 32.2. The van der Waals surface area contributed by atoms with Crippen molar-refractivity contribution in [1.82, 2.24) is 10.2 Å². The van der Waals surface area contributed by atoms with E-state index in [1.54, 1.807) is 37.3 Å². The van der Waals surface area contributed by atoms with Gasteiger partial charge in [0.1, 0.15) is 24.1 Å². The highest BCUT2D eigenvalue weighted by Gasteiger charge is 2.33. The van der Waals surface area contributed by atoms with Crippen molar-refractivity contribution >= 4 is 27.5 Å². The number of sulfonamides is 1. The second kappa shape index (κ2) is 12.5. The number of nitrogens with one attached hydrogen (secondary N) is 1. The molecule has 9 nitrogen and oxygen atoms in total. The summed E-state index contributed by atoms with van der Waals surface area (Å²) in [6.07, 6.45) is 0. The standard InChI is InChI=1S/C28H33N3O6S/c1-20-11-13-22(14-12-20)18-30(21(2)28(33)29-3)27(32)19-31(38(34,35)24-9-7-6-8-10-24)25-17-23(36-4)15-16-26(25)37-5/h6-17,21H,18-19H2,1-5H3,(H,29,33)/t21-/m1/s1. The number of carbonyl (C=O) groups is 2. The Morgan fingerprint density at radius 1 is 0.947 bits per heavy atom. The lowest BCUT2D eigenvalue weighted by atomic mass is 10.1. The van der Waals surface area contributed by atoms with Gasteiger partial charge in [0.2, 0.25) is 11.8 Å². The number of hydrogen-bond donors (Lipinski definition) is 1. The maximum Gasteiger partial charge on any atom is 0.264 e. The lowest BCUT2D eigenvalue weighted by Crippen LogP contribution is -2.50. The van der Waals surface area contributed by atoms with Crippen LogP contribution in [0.4, 0.5) is 5.69 Å². The third kappa shape index (κ3) is 6.44. The number of nitrogens with zero attached hydrogens (tertiary/aromatic N) is 2. The predicted octanol–water partition coefficient (Wildman–Crippen LogP) is 3.37. The number of anilines is 1. The van der Waals surface area contributed by atoms with Crippen molar-refractivity contribution < 1.29 is 27.5 Å². The summed E-state index contributed by atoms with van der Waals surface area (Å²) in [5.74, 6) is -0.313. The van der Waals surface area contributed by atoms with E-state index in [4.69, 9.17) is 9.47 Å². The molecule has 0 saturated carbocycles. The van der Waals surface area contributed by atoms with Gasteiger partial charge in [-0.25, -0.2) is 8.42 Å². The van der Waals surface area contributed by atoms with Gasteiger partial charge in [0.25, 0.3) is 10.0 Å². The second-order valence-electron chi connectivity index (χ2n) is 8.66. The zero-order valence-electron chi connectivity index (χ0n) is 22.2. The summed E-state index contributed by atoms with van der Waals surface area (Å²) in [7, 11) is 0.140. The highest BCUT2D eigenvalue weighted by Crippen LogP contribution is 2.36. The molecule has 3 aromatic carbocycles. The third-order valence-corrected chi connectivity index (χ3v) is 7.93. The van der Waals surface area contributed by atoms with Crippen molar-refractivity contribution in [3.63, 3.8) is 0 Å². The fourth-order valence-electron chi connectivity index (χ4n) is 3.91. The average molecular weight is 540 g/mol. The van der Waals surface area contributed by atoms with Crippen molar-refractivity contribution in [3.8, 4) is 11.5 Å². The number of ether oxygens (including phenoxy) is 2. The molecule has 1 N–H and O–H groups in total. The van der Waals surface area contributed by atoms with Crippen LogP contribution in [0.2, 0.25) is 0 Å². The van der Waals surface area contributed by atoms with Crippen LogP contribution in [0.25, 0.3) is 0 Å². The van der Waals surface area contributed by atoms with E-state index < -0.39 is 28.5 Å². The molecule has 10 heteroatoms. The molecule has 38 heavy (non-hydrogen) atoms. The van der Waals surface area contributed by atoms with E-state index in [1.165, 1.54) is 44.4 Å². The normalized spacial score (nSPS) is 11.8. The predicted molar refractivity (Wildman–Crippen MR) is 146 cm³/mol. The summed E-state index contributed by atoms with van der Waals surface area (Å²) in [5.41, 5.74) is 1.99. The van der Waals surface area contributed by atoms with Gasteiger partial charge in [-0.2, -0.15) is 0 Å². The lowest BCUT2D eigenvalue weighted by Gasteiger charge is -2.32. The molecule has 0 heterocycles. The Kier molecular flexibility index (Phi) is 9.35. The first-order valence-electron chi connectivity index (χ1n) is 12.0. The number of likely N-dealkylation sites (N-methyl/N-ethyl adjacent to an activating group) is 1. The van der Waals surface area contributed by atoms with Gasteiger partial charge in [0.05, 0.1) is 24.8 Å². The van der Waals surface area contributed by atoms with E-state index in [2.05, 4.69) is 5.32 Å². The van der Waals surface area contributed by atoms with Crippen molar-refractivity contribution in [2.24, 2.45) is 0 Å². The number of methoxy groups -OCH3 is 2. The quantitative estimate of drug-likeness (QED) is 0.401. The van der Waals surface area contributed by atoms with E-state index in [0.29, 0.717) is 5.75 Å². The monoisotopic (exact) mass is 539 g/mol. The van der Waals surface area contributed by atoms with E-state index in [9.17, 15) is 18.0 Å². The highest BCUT2D eigenvalue weighted by molar-refractivity contribution is 7.92. The summed E-state index contributed by atoms with van der Waals surface area (Å²) >= 11 is 0. The summed E-state index contributed by atoms with van der Waals surface area (Å²) in [6, 6.07) is 19.2. The molecule has 202 valence electrons. The second-order valence-corrected chi connectivity index (χ2v) is 10.5.